The molecule has 0 radical (unpaired) electrons. The quantitative estimate of drug-likeness (QED) is 0.311. The minimum Gasteiger partial charge on any atom is -0.444 e. The Kier molecular flexibility index (Phi) is 9.21. The molecule has 1 amide bonds. The van der Waals surface area contributed by atoms with Gasteiger partial charge in [-0.25, -0.2) is 4.79 Å². The van der Waals surface area contributed by atoms with Crippen LogP contribution < -0.4 is 5.32 Å². The Balaban J connectivity index is 1.88. The van der Waals surface area contributed by atoms with Crippen LogP contribution in [0.1, 0.15) is 81.1 Å². The van der Waals surface area contributed by atoms with Gasteiger partial charge in [-0.2, -0.15) is 0 Å². The molecular weight excluding hydrogens is 464 g/mol. The Labute approximate surface area is 218 Å². The highest BCUT2D eigenvalue weighted by atomic mass is 35.5. The first-order chi connectivity index (χ1) is 16.2. The molecule has 2 aliphatic heterocycles. The molecular formula is C27H49ClN4O3. The molecule has 2 fully saturated rings. The van der Waals surface area contributed by atoms with E-state index in [1.807, 2.05) is 31.9 Å². The molecule has 0 aromatic heterocycles. The Hall–Kier alpha value is -0.890. The normalized spacial score (nSPS) is 33.1. The molecule has 0 spiro atoms. The maximum atomic E-state index is 13.1. The summed E-state index contributed by atoms with van der Waals surface area (Å²) in [6.07, 6.45) is 5.36. The number of likely N-dealkylation sites (tertiary alicyclic amines) is 1. The van der Waals surface area contributed by atoms with E-state index in [1.54, 1.807) is 0 Å². The maximum absolute atomic E-state index is 13.1. The van der Waals surface area contributed by atoms with Crippen molar-refractivity contribution in [1.82, 2.24) is 15.1 Å². The van der Waals surface area contributed by atoms with E-state index < -0.39 is 17.3 Å². The third kappa shape index (κ3) is 7.33. The number of nitrogens with one attached hydrogen (secondary N) is 1. The predicted octanol–water partition coefficient (Wildman–Crippen LogP) is 4.92. The van der Waals surface area contributed by atoms with Crippen LogP contribution in [0.25, 0.3) is 0 Å². The van der Waals surface area contributed by atoms with Crippen molar-refractivity contribution in [3.05, 3.63) is 0 Å². The van der Waals surface area contributed by atoms with Gasteiger partial charge in [-0.15, -0.1) is 11.6 Å². The van der Waals surface area contributed by atoms with Gasteiger partial charge in [0.15, 0.2) is 0 Å². The van der Waals surface area contributed by atoms with Crippen LogP contribution in [0, 0.1) is 29.1 Å². The van der Waals surface area contributed by atoms with Crippen molar-refractivity contribution in [2.75, 3.05) is 19.6 Å². The topological polar surface area (TPSA) is 77.4 Å². The molecule has 7 atom stereocenters. The lowest BCUT2D eigenvalue weighted by molar-refractivity contribution is -0.104. The summed E-state index contributed by atoms with van der Waals surface area (Å²) in [5.41, 5.74) is -1.02. The van der Waals surface area contributed by atoms with E-state index in [4.69, 9.17) is 21.3 Å². The lowest BCUT2D eigenvalue weighted by Crippen LogP contribution is -2.64. The second kappa shape index (κ2) is 11.2. The molecule has 2 N–H and O–H groups in total. The van der Waals surface area contributed by atoms with E-state index in [0.29, 0.717) is 24.3 Å². The van der Waals surface area contributed by atoms with Gasteiger partial charge >= 0.3 is 6.09 Å². The highest BCUT2D eigenvalue weighted by Crippen LogP contribution is 2.40. The maximum Gasteiger partial charge on any atom is 0.410 e. The van der Waals surface area contributed by atoms with Crippen LogP contribution in [-0.4, -0.2) is 76.4 Å². The summed E-state index contributed by atoms with van der Waals surface area (Å²) >= 11 is 6.81. The Morgan fingerprint density at radius 1 is 1.20 bits per heavy atom. The van der Waals surface area contributed by atoms with Gasteiger partial charge in [-0.05, 0) is 56.8 Å². The molecule has 35 heavy (non-hydrogen) atoms. The van der Waals surface area contributed by atoms with Crippen molar-refractivity contribution in [3.63, 3.8) is 0 Å². The van der Waals surface area contributed by atoms with Crippen molar-refractivity contribution in [1.29, 1.82) is 0 Å². The predicted molar refractivity (Wildman–Crippen MR) is 143 cm³/mol. The minimum atomic E-state index is -0.789. The van der Waals surface area contributed by atoms with Crippen molar-refractivity contribution in [2.45, 2.75) is 111 Å². The molecule has 0 bridgehead atoms. The second-order valence-electron chi connectivity index (χ2n) is 13.4. The fourth-order valence-corrected chi connectivity index (χ4v) is 6.18. The van der Waals surface area contributed by atoms with Crippen LogP contribution in [0.15, 0.2) is 4.99 Å². The smallest absolute Gasteiger partial charge is 0.410 e. The van der Waals surface area contributed by atoms with Gasteiger partial charge in [0.05, 0.1) is 11.4 Å². The molecule has 1 aliphatic carbocycles. The fourth-order valence-electron chi connectivity index (χ4n) is 5.86. The average Bonchev–Trinajstić information content (AvgIpc) is 2.74. The van der Waals surface area contributed by atoms with E-state index in [2.05, 4.69) is 44.8 Å². The van der Waals surface area contributed by atoms with Crippen LogP contribution in [-0.2, 0) is 4.74 Å². The van der Waals surface area contributed by atoms with Gasteiger partial charge in [0, 0.05) is 31.9 Å². The van der Waals surface area contributed by atoms with E-state index in [1.165, 1.54) is 12.8 Å². The van der Waals surface area contributed by atoms with Gasteiger partial charge in [0.1, 0.15) is 18.0 Å². The summed E-state index contributed by atoms with van der Waals surface area (Å²) < 4.78 is 5.76. The number of ether oxygens (including phenoxy) is 1. The Morgan fingerprint density at radius 2 is 1.86 bits per heavy atom. The summed E-state index contributed by atoms with van der Waals surface area (Å²) in [4.78, 5) is 21.9. The molecule has 202 valence electrons. The molecule has 3 aliphatic rings. The van der Waals surface area contributed by atoms with Crippen molar-refractivity contribution in [3.8, 4) is 0 Å². The minimum absolute atomic E-state index is 0.0524. The Morgan fingerprint density at radius 3 is 2.43 bits per heavy atom. The zero-order valence-corrected chi connectivity index (χ0v) is 23.9. The van der Waals surface area contributed by atoms with E-state index in [0.717, 1.165) is 25.9 Å². The molecule has 0 aromatic rings. The average molecular weight is 513 g/mol. The number of rotatable bonds is 5. The largest absolute Gasteiger partial charge is 0.444 e. The van der Waals surface area contributed by atoms with Crippen LogP contribution >= 0.6 is 11.6 Å². The van der Waals surface area contributed by atoms with Crippen LogP contribution in [0.3, 0.4) is 0 Å². The number of alkyl halides is 1. The van der Waals surface area contributed by atoms with Crippen molar-refractivity contribution < 1.29 is 14.6 Å². The Bertz CT molecular complexity index is 748. The molecule has 0 aromatic carbocycles. The number of fused-ring (bicyclic) bond motifs is 1. The van der Waals surface area contributed by atoms with E-state index in [-0.39, 0.29) is 29.6 Å². The summed E-state index contributed by atoms with van der Waals surface area (Å²) in [5.74, 6) is 0.883. The SMILES string of the molecule is CC(C)CN(C(O)C1C=NC(C(C)(C)C)NC1Cl)C1CN(C(=O)OC(C)(C)C)CC2CCCCC21. The highest BCUT2D eigenvalue weighted by molar-refractivity contribution is 6.21. The number of halogens is 1. The molecule has 1 saturated carbocycles. The van der Waals surface area contributed by atoms with E-state index in [9.17, 15) is 9.90 Å². The molecule has 7 nitrogen and oxygen atoms in total. The number of carbonyl (C=O) groups is 1. The number of hydrogen-bond donors (Lipinski definition) is 2. The van der Waals surface area contributed by atoms with Crippen LogP contribution in [0.2, 0.25) is 0 Å². The lowest BCUT2D eigenvalue weighted by atomic mass is 9.71. The highest BCUT2D eigenvalue weighted by Gasteiger charge is 2.47. The third-order valence-corrected chi connectivity index (χ3v) is 7.96. The van der Waals surface area contributed by atoms with Gasteiger partial charge in [-0.1, -0.05) is 47.5 Å². The number of piperidine rings is 1. The van der Waals surface area contributed by atoms with Gasteiger partial charge in [-0.3, -0.25) is 15.2 Å². The monoisotopic (exact) mass is 512 g/mol. The zero-order chi connectivity index (χ0) is 26.1. The van der Waals surface area contributed by atoms with Gasteiger partial charge < -0.3 is 14.7 Å². The standard InChI is InChI=1S/C27H49ClN4O3/c1-17(2)14-32(23(33)20-13-29-24(26(3,4)5)30-22(20)28)21-16-31(25(34)35-27(6,7)8)15-18-11-9-10-12-19(18)21/h13,17-24,30,33H,9-12,14-16H2,1-8H3. The first-order valence-electron chi connectivity index (χ1n) is 13.5. The number of nitrogens with zero attached hydrogens (tertiary/aromatic N) is 3. The summed E-state index contributed by atoms with van der Waals surface area (Å²) in [5, 5.41) is 15.2. The fraction of sp³-hybridized carbons (Fsp3) is 0.926. The molecule has 2 heterocycles. The first kappa shape index (κ1) is 28.7. The first-order valence-corrected chi connectivity index (χ1v) is 14.0. The number of carbonyl (C=O) groups excluding carboxylic acids is 1. The second-order valence-corrected chi connectivity index (χ2v) is 13.8. The summed E-state index contributed by atoms with van der Waals surface area (Å²) in [6.45, 7) is 18.5. The van der Waals surface area contributed by atoms with Gasteiger partial charge in [0.25, 0.3) is 0 Å². The van der Waals surface area contributed by atoms with Crippen LogP contribution in [0.5, 0.6) is 0 Å². The van der Waals surface area contributed by atoms with Crippen molar-refractivity contribution >= 4 is 23.9 Å². The number of amides is 1. The number of aliphatic hydroxyl groups is 1. The summed E-state index contributed by atoms with van der Waals surface area (Å²) in [7, 11) is 0. The number of aliphatic imine (C=N–C) groups is 1. The molecule has 3 rings (SSSR count). The number of aliphatic hydroxyl groups excluding tert-OH is 1. The van der Waals surface area contributed by atoms with E-state index >= 15 is 0 Å². The zero-order valence-electron chi connectivity index (χ0n) is 23.1. The molecule has 7 unspecified atom stereocenters. The lowest BCUT2D eigenvalue weighted by Gasteiger charge is -2.52. The third-order valence-electron chi connectivity index (χ3n) is 7.54. The van der Waals surface area contributed by atoms with Crippen LogP contribution in [0.4, 0.5) is 4.79 Å². The van der Waals surface area contributed by atoms with Gasteiger partial charge in [0.2, 0.25) is 0 Å². The van der Waals surface area contributed by atoms with Crippen molar-refractivity contribution in [2.24, 2.45) is 34.1 Å². The molecule has 8 heteroatoms. The summed E-state index contributed by atoms with van der Waals surface area (Å²) in [6, 6.07) is 0.0524. The number of hydrogen-bond acceptors (Lipinski definition) is 6. The molecule has 1 saturated heterocycles.